The topological polar surface area (TPSA) is 186 Å². The number of halogens is 27. The molecular weight excluding hydrogens is 1310 g/mol. The third-order valence-electron chi connectivity index (χ3n) is 17.9. The van der Waals surface area contributed by atoms with E-state index in [0.717, 1.165) is 27.7 Å². The number of hydrogen-bond donors (Lipinski definition) is 4. The lowest BCUT2D eigenvalue weighted by Gasteiger charge is -2.40. The van der Waals surface area contributed by atoms with Crippen LogP contribution in [0.25, 0.3) is 0 Å². The van der Waals surface area contributed by atoms with Crippen molar-refractivity contribution < 1.29 is 177 Å². The first-order valence-corrected chi connectivity index (χ1v) is 26.5. The molecule has 0 aromatic carbocycles. The average molecular weight is 1370 g/mol. The molecule has 0 amide bonds. The molecule has 522 valence electrons. The highest BCUT2D eigenvalue weighted by Crippen LogP contribution is 2.68. The predicted octanol–water partition coefficient (Wildman–Crippen LogP) is 13.5. The van der Waals surface area contributed by atoms with Crippen molar-refractivity contribution in [3.05, 3.63) is 0 Å². The van der Waals surface area contributed by atoms with Gasteiger partial charge in [0.2, 0.25) is 0 Å². The quantitative estimate of drug-likeness (QED) is 0.0614. The molecule has 12 unspecified atom stereocenters. The summed E-state index contributed by atoms with van der Waals surface area (Å²) in [5.74, 6) is -11.4. The summed E-state index contributed by atoms with van der Waals surface area (Å²) in [5.41, 5.74) is -30.5. The van der Waals surface area contributed by atoms with Gasteiger partial charge in [0.05, 0.1) is 22.3 Å². The van der Waals surface area contributed by atoms with Crippen molar-refractivity contribution >= 4 is 23.9 Å². The van der Waals surface area contributed by atoms with E-state index in [9.17, 15) is 158 Å². The molecule has 1 aliphatic heterocycles. The maximum Gasteiger partial charge on any atom is 0.426 e. The molecule has 0 aromatic heterocycles. The van der Waals surface area contributed by atoms with Crippen LogP contribution in [0.4, 0.5) is 119 Å². The Morgan fingerprint density at radius 1 is 0.506 bits per heavy atom. The van der Waals surface area contributed by atoms with Crippen LogP contribution in [0.1, 0.15) is 132 Å². The van der Waals surface area contributed by atoms with Crippen molar-refractivity contribution in [1.82, 2.24) is 0 Å². The highest BCUT2D eigenvalue weighted by Gasteiger charge is 2.81. The number of esters is 4. The molecule has 89 heavy (non-hydrogen) atoms. The van der Waals surface area contributed by atoms with Crippen LogP contribution in [0.5, 0.6) is 0 Å². The molecule has 0 radical (unpaired) electrons. The van der Waals surface area contributed by atoms with Gasteiger partial charge in [0.25, 0.3) is 22.4 Å². The minimum atomic E-state index is -6.22. The van der Waals surface area contributed by atoms with Crippen molar-refractivity contribution in [3.63, 3.8) is 0 Å². The molecule has 4 aliphatic carbocycles. The van der Waals surface area contributed by atoms with Gasteiger partial charge in [-0.25, -0.2) is 0 Å². The van der Waals surface area contributed by atoms with Crippen molar-refractivity contribution in [2.24, 2.45) is 51.2 Å². The van der Waals surface area contributed by atoms with Gasteiger partial charge in [0.15, 0.2) is 5.41 Å². The van der Waals surface area contributed by atoms with Crippen LogP contribution in [0.3, 0.4) is 0 Å². The van der Waals surface area contributed by atoms with E-state index in [2.05, 4.69) is 0 Å². The van der Waals surface area contributed by atoms with Gasteiger partial charge in [0, 0.05) is 31.1 Å². The van der Waals surface area contributed by atoms with E-state index in [0.29, 0.717) is 6.92 Å². The fourth-order valence-corrected chi connectivity index (χ4v) is 11.8. The molecule has 5 aliphatic rings. The summed E-state index contributed by atoms with van der Waals surface area (Å²) in [5, 5.41) is 37.6. The first kappa shape index (κ1) is 79.1. The van der Waals surface area contributed by atoms with Gasteiger partial charge in [-0.3, -0.25) is 19.2 Å². The number of rotatable bonds is 17. The summed E-state index contributed by atoms with van der Waals surface area (Å²) < 4.78 is 372. The van der Waals surface area contributed by atoms with Crippen molar-refractivity contribution in [1.29, 1.82) is 0 Å². The number of carbonyl (C=O) groups excluding carboxylic acids is 4. The Balaban J connectivity index is 0.000000361. The Labute approximate surface area is 486 Å². The second kappa shape index (κ2) is 24.6. The lowest BCUT2D eigenvalue weighted by Crippen LogP contribution is -2.60. The molecule has 0 spiro atoms. The molecule has 12 atom stereocenters. The Bertz CT molecular complexity index is 2460. The minimum absolute atomic E-state index is 0.00765. The predicted molar refractivity (Wildman–Crippen MR) is 242 cm³/mol. The zero-order valence-electron chi connectivity index (χ0n) is 47.4. The highest BCUT2D eigenvalue weighted by molar-refractivity contribution is 5.83. The zero-order valence-corrected chi connectivity index (χ0v) is 47.4. The summed E-state index contributed by atoms with van der Waals surface area (Å²) in [4.78, 5) is 49.1. The number of alkyl halides is 27. The second-order valence-electron chi connectivity index (χ2n) is 24.3. The van der Waals surface area contributed by atoms with E-state index < -0.39 is 222 Å². The summed E-state index contributed by atoms with van der Waals surface area (Å²) in [7, 11) is 0. The van der Waals surface area contributed by atoms with Crippen molar-refractivity contribution in [2.75, 3.05) is 0 Å². The molecule has 1 heterocycles. The summed E-state index contributed by atoms with van der Waals surface area (Å²) in [6.45, 7) is 8.51. The number of carbonyl (C=O) groups is 4. The maximum atomic E-state index is 13.5. The van der Waals surface area contributed by atoms with E-state index in [1.807, 2.05) is 0 Å². The Hall–Kier alpha value is -4.17. The van der Waals surface area contributed by atoms with Gasteiger partial charge >= 0.3 is 79.5 Å². The fourth-order valence-electron chi connectivity index (χ4n) is 11.8. The van der Waals surface area contributed by atoms with Crippen LogP contribution in [0, 0.1) is 51.2 Å². The van der Waals surface area contributed by atoms with E-state index >= 15 is 0 Å². The molecule has 4 N–H and O–H groups in total. The average Bonchev–Trinajstić information content (AvgIpc) is 1.53. The first-order valence-electron chi connectivity index (χ1n) is 26.5. The minimum Gasteiger partial charge on any atom is -0.463 e. The fraction of sp³-hybridized carbons (Fsp3) is 0.920. The van der Waals surface area contributed by atoms with Gasteiger partial charge < -0.3 is 39.4 Å². The monoisotopic (exact) mass is 1370 g/mol. The third-order valence-corrected chi connectivity index (χ3v) is 17.9. The number of aliphatic hydroxyl groups is 4. The molecule has 0 aromatic rings. The van der Waals surface area contributed by atoms with Crippen LogP contribution in [0.15, 0.2) is 0 Å². The molecule has 5 rings (SSSR count). The van der Waals surface area contributed by atoms with Crippen LogP contribution >= 0.6 is 0 Å². The number of fused-ring (bicyclic) bond motifs is 3. The van der Waals surface area contributed by atoms with E-state index in [-0.39, 0.29) is 32.1 Å². The van der Waals surface area contributed by atoms with Gasteiger partial charge in [-0.15, -0.1) is 0 Å². The largest absolute Gasteiger partial charge is 0.463 e. The molecule has 39 heteroatoms. The van der Waals surface area contributed by atoms with E-state index in [1.165, 1.54) is 20.8 Å². The van der Waals surface area contributed by atoms with E-state index in [4.69, 9.17) is 18.9 Å². The third kappa shape index (κ3) is 14.6. The molecule has 5 fully saturated rings. The van der Waals surface area contributed by atoms with Crippen LogP contribution in [0.2, 0.25) is 0 Å². The molecule has 12 nitrogen and oxygen atoms in total. The standard InChI is InChI=1S/C20H24F12O4.C18H19F9O5.C12H18F6O3/c1-3-14(2,8-16(35,19(27,28)29)20(30,31)32)13(33)36-12-6-9-4-10(11(12)5-9)7-15(34,17(21,22)23)18(24,25)26;1-3-13(2,6-15(30,17(22,23)24)18(25,26)27)11(28)31-9-7-4-8-10(9)32-12(29)14(8,5-7)16(19,20)21;1-5-9(4,8(19)21-7(2)3)6-10(20,11(13,14)15)12(16,17)18/h9-12,34-35H,3-8H2,1-2H3;7-10,30H,3-6H2,1-2H3;7,20H,5-6H2,1-4H3. The molecule has 1 saturated heterocycles. The van der Waals surface area contributed by atoms with Crippen LogP contribution in [-0.4, -0.2) is 147 Å². The number of ether oxygens (including phenoxy) is 4. The summed E-state index contributed by atoms with van der Waals surface area (Å²) in [6.07, 6.45) is -69.6. The molecular formula is C50H61F27O12. The van der Waals surface area contributed by atoms with Gasteiger partial charge in [-0.1, -0.05) is 20.8 Å². The Kier molecular flexibility index (Phi) is 21.9. The van der Waals surface area contributed by atoms with Gasteiger partial charge in [-0.2, -0.15) is 119 Å². The maximum absolute atomic E-state index is 13.5. The summed E-state index contributed by atoms with van der Waals surface area (Å²) >= 11 is 0. The van der Waals surface area contributed by atoms with Crippen molar-refractivity contribution in [2.45, 2.75) is 235 Å². The Morgan fingerprint density at radius 2 is 0.843 bits per heavy atom. The SMILES string of the molecule is CCC(C)(CC(O)(C(F)(F)F)C(F)(F)F)C(=O)OC(C)C.CCC(C)(CC(O)(C(F)(F)F)C(F)(F)F)C(=O)OC1C2CC3C1OC(=O)C3(C(F)(F)F)C2.CCC(C)(CC(O)(C(F)(F)F)C(F)(F)F)C(=O)OC1CC2CC(CC(O)(C(F)(F)F)C(F)(F)F)C1C2. The Morgan fingerprint density at radius 3 is 1.15 bits per heavy atom. The summed E-state index contributed by atoms with van der Waals surface area (Å²) in [6, 6.07) is 0. The second-order valence-corrected chi connectivity index (χ2v) is 24.3. The zero-order chi connectivity index (χ0) is 70.3. The lowest BCUT2D eigenvalue weighted by molar-refractivity contribution is -0.375. The smallest absolute Gasteiger partial charge is 0.426 e. The molecule has 4 saturated carbocycles. The molecule has 4 bridgehead atoms. The first-order chi connectivity index (χ1) is 39.2. The van der Waals surface area contributed by atoms with Crippen LogP contribution < -0.4 is 0 Å². The number of hydrogen-bond acceptors (Lipinski definition) is 12. The highest BCUT2D eigenvalue weighted by atomic mass is 19.5. The van der Waals surface area contributed by atoms with Gasteiger partial charge in [-0.05, 0) is 110 Å². The van der Waals surface area contributed by atoms with Gasteiger partial charge in [0.1, 0.15) is 18.3 Å². The lowest BCUT2D eigenvalue weighted by atomic mass is 9.72. The van der Waals surface area contributed by atoms with Crippen LogP contribution in [-0.2, 0) is 38.1 Å². The van der Waals surface area contributed by atoms with Crippen molar-refractivity contribution in [3.8, 4) is 0 Å². The van der Waals surface area contributed by atoms with E-state index in [1.54, 1.807) is 0 Å². The normalized spacial score (nSPS) is 27.6.